The third kappa shape index (κ3) is 4.62. The molecule has 2 saturated heterocycles. The number of nitrogens with zero attached hydrogens (tertiary/aromatic N) is 1. The quantitative estimate of drug-likeness (QED) is 0.754. The number of carbonyl (C=O) groups is 1. The van der Waals surface area contributed by atoms with Crippen molar-refractivity contribution in [3.63, 3.8) is 0 Å². The smallest absolute Gasteiger partial charge is 0.261 e. The Hall–Kier alpha value is -2.13. The largest absolute Gasteiger partial charge is 0.350 e. The number of anilines is 1. The van der Waals surface area contributed by atoms with Crippen molar-refractivity contribution in [1.82, 2.24) is 4.90 Å². The van der Waals surface area contributed by atoms with Gasteiger partial charge in [-0.25, -0.2) is 8.42 Å². The molecule has 9 heteroatoms. The zero-order valence-corrected chi connectivity index (χ0v) is 17.9. The Morgan fingerprint density at radius 3 is 2.43 bits per heavy atom. The Balaban J connectivity index is 1.45. The summed E-state index contributed by atoms with van der Waals surface area (Å²) in [5, 5.41) is 0.298. The average molecular weight is 451 g/mol. The number of halogens is 1. The van der Waals surface area contributed by atoms with E-state index < -0.39 is 10.0 Å². The van der Waals surface area contributed by atoms with E-state index in [4.69, 9.17) is 21.1 Å². The Bertz CT molecular complexity index is 1020. The molecule has 0 bridgehead atoms. The van der Waals surface area contributed by atoms with Gasteiger partial charge in [-0.1, -0.05) is 29.8 Å². The van der Waals surface area contributed by atoms with Crippen molar-refractivity contribution in [2.24, 2.45) is 5.92 Å². The molecule has 7 nitrogen and oxygen atoms in total. The van der Waals surface area contributed by atoms with Gasteiger partial charge < -0.3 is 14.4 Å². The highest BCUT2D eigenvalue weighted by molar-refractivity contribution is 7.92. The SMILES string of the molecule is O=C(c1cccc(S(=O)(=O)Nc2ccccc2Cl)c1)N1CCC(C2OCCO2)CC1. The van der Waals surface area contributed by atoms with Crippen molar-refractivity contribution in [3.05, 3.63) is 59.1 Å². The normalized spacial score (nSPS) is 18.5. The molecule has 2 aliphatic rings. The maximum absolute atomic E-state index is 12.9. The highest BCUT2D eigenvalue weighted by atomic mass is 35.5. The summed E-state index contributed by atoms with van der Waals surface area (Å²) < 4.78 is 39.2. The van der Waals surface area contributed by atoms with Crippen molar-refractivity contribution in [2.75, 3.05) is 31.0 Å². The zero-order chi connectivity index (χ0) is 21.1. The first-order chi connectivity index (χ1) is 14.4. The molecule has 0 saturated carbocycles. The van der Waals surface area contributed by atoms with E-state index in [1.807, 2.05) is 0 Å². The molecule has 2 aliphatic heterocycles. The fraction of sp³-hybridized carbons (Fsp3) is 0.381. The van der Waals surface area contributed by atoms with Crippen LogP contribution < -0.4 is 4.72 Å². The van der Waals surface area contributed by atoms with Gasteiger partial charge in [0.1, 0.15) is 0 Å². The number of sulfonamides is 1. The first-order valence-corrected chi connectivity index (χ1v) is 11.7. The minimum atomic E-state index is -3.88. The molecule has 0 atom stereocenters. The van der Waals surface area contributed by atoms with Gasteiger partial charge in [-0.3, -0.25) is 9.52 Å². The van der Waals surface area contributed by atoms with Gasteiger partial charge >= 0.3 is 0 Å². The van der Waals surface area contributed by atoms with Crippen LogP contribution in [0.4, 0.5) is 5.69 Å². The number of benzene rings is 2. The molecule has 4 rings (SSSR count). The van der Waals surface area contributed by atoms with Crippen molar-refractivity contribution < 1.29 is 22.7 Å². The first-order valence-electron chi connectivity index (χ1n) is 9.84. The van der Waals surface area contributed by atoms with E-state index in [0.29, 0.717) is 36.9 Å². The maximum Gasteiger partial charge on any atom is 0.261 e. The lowest BCUT2D eigenvalue weighted by Crippen LogP contribution is -2.41. The second kappa shape index (κ2) is 8.93. The van der Waals surface area contributed by atoms with E-state index in [2.05, 4.69) is 4.72 Å². The van der Waals surface area contributed by atoms with Crippen molar-refractivity contribution in [2.45, 2.75) is 24.0 Å². The van der Waals surface area contributed by atoms with Gasteiger partial charge in [0.05, 0.1) is 28.8 Å². The Kier molecular flexibility index (Phi) is 6.29. The molecule has 160 valence electrons. The van der Waals surface area contributed by atoms with Gasteiger partial charge in [-0.05, 0) is 43.2 Å². The molecule has 0 unspecified atom stereocenters. The number of hydrogen-bond acceptors (Lipinski definition) is 5. The molecule has 30 heavy (non-hydrogen) atoms. The summed E-state index contributed by atoms with van der Waals surface area (Å²) >= 11 is 6.05. The van der Waals surface area contributed by atoms with Gasteiger partial charge in [-0.2, -0.15) is 0 Å². The average Bonchev–Trinajstić information content (AvgIpc) is 3.30. The second-order valence-corrected chi connectivity index (χ2v) is 9.44. The van der Waals surface area contributed by atoms with Crippen molar-refractivity contribution >= 4 is 33.2 Å². The molecule has 0 radical (unpaired) electrons. The van der Waals surface area contributed by atoms with Crippen molar-refractivity contribution in [3.8, 4) is 0 Å². The van der Waals surface area contributed by atoms with Crippen LogP contribution >= 0.6 is 11.6 Å². The van der Waals surface area contributed by atoms with Gasteiger partial charge in [0.25, 0.3) is 15.9 Å². The van der Waals surface area contributed by atoms with E-state index in [0.717, 1.165) is 12.8 Å². The molecule has 0 spiro atoms. The fourth-order valence-corrected chi connectivity index (χ4v) is 5.11. The van der Waals surface area contributed by atoms with Crippen LogP contribution in [0.2, 0.25) is 5.02 Å². The van der Waals surface area contributed by atoms with E-state index in [-0.39, 0.29) is 28.7 Å². The van der Waals surface area contributed by atoms with E-state index in [9.17, 15) is 13.2 Å². The Morgan fingerprint density at radius 2 is 1.73 bits per heavy atom. The second-order valence-electron chi connectivity index (χ2n) is 7.35. The van der Waals surface area contributed by atoms with E-state index in [1.54, 1.807) is 41.3 Å². The molecule has 2 aromatic carbocycles. The number of rotatable bonds is 5. The number of hydrogen-bond donors (Lipinski definition) is 1. The number of amides is 1. The lowest BCUT2D eigenvalue weighted by molar-refractivity contribution is -0.0956. The number of nitrogens with one attached hydrogen (secondary N) is 1. The van der Waals surface area contributed by atoms with Gasteiger partial charge in [-0.15, -0.1) is 0 Å². The number of ether oxygens (including phenoxy) is 2. The first kappa shape index (κ1) is 21.1. The highest BCUT2D eigenvalue weighted by Crippen LogP contribution is 2.27. The van der Waals surface area contributed by atoms with Crippen LogP contribution in [0, 0.1) is 5.92 Å². The van der Waals surface area contributed by atoms with E-state index in [1.165, 1.54) is 12.1 Å². The fourth-order valence-electron chi connectivity index (χ4n) is 3.75. The topological polar surface area (TPSA) is 84.9 Å². The van der Waals surface area contributed by atoms with E-state index >= 15 is 0 Å². The minimum Gasteiger partial charge on any atom is -0.350 e. The summed E-state index contributed by atoms with van der Waals surface area (Å²) in [7, 11) is -3.88. The van der Waals surface area contributed by atoms with Crippen LogP contribution in [0.1, 0.15) is 23.2 Å². The van der Waals surface area contributed by atoms with Crippen LogP contribution in [-0.2, 0) is 19.5 Å². The molecule has 0 aromatic heterocycles. The lowest BCUT2D eigenvalue weighted by Gasteiger charge is -2.34. The minimum absolute atomic E-state index is 0.0101. The third-order valence-corrected chi connectivity index (χ3v) is 7.06. The molecule has 2 heterocycles. The van der Waals surface area contributed by atoms with Crippen LogP contribution in [0.15, 0.2) is 53.4 Å². The monoisotopic (exact) mass is 450 g/mol. The number of likely N-dealkylation sites (tertiary alicyclic amines) is 1. The molecule has 2 aromatic rings. The van der Waals surface area contributed by atoms with Crippen molar-refractivity contribution in [1.29, 1.82) is 0 Å². The molecule has 2 fully saturated rings. The maximum atomic E-state index is 12.9. The van der Waals surface area contributed by atoms with Gasteiger partial charge in [0, 0.05) is 24.6 Å². The summed E-state index contributed by atoms with van der Waals surface area (Å²) in [5.74, 6) is 0.0968. The summed E-state index contributed by atoms with van der Waals surface area (Å²) in [5.41, 5.74) is 0.623. The number of carbonyl (C=O) groups excluding carboxylic acids is 1. The highest BCUT2D eigenvalue weighted by Gasteiger charge is 2.32. The summed E-state index contributed by atoms with van der Waals surface area (Å²) in [4.78, 5) is 14.7. The summed E-state index contributed by atoms with van der Waals surface area (Å²) in [6, 6.07) is 12.6. The molecular formula is C21H23ClN2O5S. The Labute approximate surface area is 181 Å². The molecule has 1 amide bonds. The van der Waals surface area contributed by atoms with Crippen LogP contribution in [0.25, 0.3) is 0 Å². The zero-order valence-electron chi connectivity index (χ0n) is 16.3. The molecule has 1 N–H and O–H groups in total. The predicted octanol–water partition coefficient (Wildman–Crippen LogP) is 3.37. The third-order valence-electron chi connectivity index (χ3n) is 5.37. The van der Waals surface area contributed by atoms with Crippen LogP contribution in [0.3, 0.4) is 0 Å². The summed E-state index contributed by atoms with van der Waals surface area (Å²) in [6.07, 6.45) is 1.41. The number of para-hydroxylation sites is 1. The van der Waals surface area contributed by atoms with Gasteiger partial charge in [0.2, 0.25) is 0 Å². The molecular weight excluding hydrogens is 428 g/mol. The summed E-state index contributed by atoms with van der Waals surface area (Å²) in [6.45, 7) is 2.41. The standard InChI is InChI=1S/C21H23ClN2O5S/c22-18-6-1-2-7-19(18)23-30(26,27)17-5-3-4-16(14-17)20(25)24-10-8-15(9-11-24)21-28-12-13-29-21/h1-7,14-15,21,23H,8-13H2. The predicted molar refractivity (Wildman–Crippen MR) is 113 cm³/mol. The molecule has 0 aliphatic carbocycles. The number of piperidine rings is 1. The van der Waals surface area contributed by atoms with Crippen LogP contribution in [0.5, 0.6) is 0 Å². The Morgan fingerprint density at radius 1 is 1.03 bits per heavy atom. The van der Waals surface area contributed by atoms with Crippen LogP contribution in [-0.4, -0.2) is 51.8 Å². The lowest BCUT2D eigenvalue weighted by atomic mass is 9.95. The van der Waals surface area contributed by atoms with Gasteiger partial charge in [0.15, 0.2) is 6.29 Å².